The fraction of sp³-hybridized carbons (Fsp3) is 0.357. The molecule has 0 spiro atoms. The van der Waals surface area contributed by atoms with Crippen molar-refractivity contribution in [1.29, 1.82) is 0 Å². The minimum atomic E-state index is -1.16. The van der Waals surface area contributed by atoms with E-state index in [4.69, 9.17) is 18.9 Å². The maximum atomic E-state index is 10.7. The second-order valence-electron chi connectivity index (χ2n) is 8.06. The number of ether oxygens (including phenoxy) is 4. The normalized spacial score (nSPS) is 14.9. The van der Waals surface area contributed by atoms with E-state index in [0.29, 0.717) is 13.2 Å². The second-order valence-corrected chi connectivity index (χ2v) is 8.06. The maximum absolute atomic E-state index is 10.7. The zero-order chi connectivity index (χ0) is 24.0. The third-order valence-corrected chi connectivity index (χ3v) is 5.46. The summed E-state index contributed by atoms with van der Waals surface area (Å²) in [5, 5.41) is 20.5. The Morgan fingerprint density at radius 1 is 0.618 bits per heavy atom. The Bertz CT molecular complexity index is 906. The lowest BCUT2D eigenvalue weighted by molar-refractivity contribution is -0.192. The summed E-state index contributed by atoms with van der Waals surface area (Å²) in [5.41, 5.74) is 2.94. The zero-order valence-electron chi connectivity index (χ0n) is 19.5. The molecule has 0 heterocycles. The summed E-state index contributed by atoms with van der Waals surface area (Å²) in [5.74, 6) is 0. The molecule has 182 valence electrons. The van der Waals surface area contributed by atoms with Crippen molar-refractivity contribution in [1.82, 2.24) is 0 Å². The highest BCUT2D eigenvalue weighted by Crippen LogP contribution is 2.21. The number of methoxy groups -OCH3 is 1. The Kier molecular flexibility index (Phi) is 11.2. The van der Waals surface area contributed by atoms with Gasteiger partial charge in [-0.3, -0.25) is 0 Å². The van der Waals surface area contributed by atoms with Crippen LogP contribution in [0.25, 0.3) is 0 Å². The van der Waals surface area contributed by atoms with Crippen LogP contribution in [0.2, 0.25) is 0 Å². The minimum Gasteiger partial charge on any atom is -0.394 e. The molecule has 0 fully saturated rings. The van der Waals surface area contributed by atoms with E-state index in [1.807, 2.05) is 91.0 Å². The molecular formula is C28H34O6. The molecule has 0 bridgehead atoms. The van der Waals surface area contributed by atoms with E-state index < -0.39 is 31.0 Å². The molecule has 0 saturated heterocycles. The van der Waals surface area contributed by atoms with E-state index in [1.54, 1.807) is 7.11 Å². The molecule has 3 rings (SSSR count). The number of benzene rings is 3. The highest BCUT2D eigenvalue weighted by molar-refractivity contribution is 5.15. The van der Waals surface area contributed by atoms with Gasteiger partial charge in [0.1, 0.15) is 24.4 Å². The van der Waals surface area contributed by atoms with E-state index in [2.05, 4.69) is 0 Å². The van der Waals surface area contributed by atoms with Crippen molar-refractivity contribution in [3.63, 3.8) is 0 Å². The molecule has 0 amide bonds. The fourth-order valence-electron chi connectivity index (χ4n) is 3.66. The van der Waals surface area contributed by atoms with Gasteiger partial charge in [-0.1, -0.05) is 91.0 Å². The van der Waals surface area contributed by atoms with Gasteiger partial charge in [0.2, 0.25) is 0 Å². The standard InChI is InChI=1S/C28H34O6/c1-31-21-26(32-18-22-11-5-2-6-12-22)28(34-20-24-15-9-4-10-16-24)27(25(30)17-29)33-19-23-13-7-3-8-14-23/h2-16,25-30H,17-21H2,1H3/t25-,26+,27-,28-/m1/s1. The van der Waals surface area contributed by atoms with Crippen LogP contribution in [-0.4, -0.2) is 55.0 Å². The first-order chi connectivity index (χ1) is 16.7. The van der Waals surface area contributed by atoms with Crippen LogP contribution in [0.4, 0.5) is 0 Å². The van der Waals surface area contributed by atoms with Gasteiger partial charge in [-0.05, 0) is 16.7 Å². The third kappa shape index (κ3) is 8.33. The van der Waals surface area contributed by atoms with Gasteiger partial charge in [-0.15, -0.1) is 0 Å². The molecule has 0 aliphatic rings. The van der Waals surface area contributed by atoms with Gasteiger partial charge in [0.05, 0.1) is 33.0 Å². The summed E-state index contributed by atoms with van der Waals surface area (Å²) in [7, 11) is 1.59. The van der Waals surface area contributed by atoms with E-state index in [-0.39, 0.29) is 13.2 Å². The molecule has 0 unspecified atom stereocenters. The van der Waals surface area contributed by atoms with Crippen LogP contribution in [0, 0.1) is 0 Å². The Morgan fingerprint density at radius 2 is 1.03 bits per heavy atom. The fourth-order valence-corrected chi connectivity index (χ4v) is 3.66. The first-order valence-corrected chi connectivity index (χ1v) is 11.5. The number of aliphatic hydroxyl groups excluding tert-OH is 2. The zero-order valence-corrected chi connectivity index (χ0v) is 19.5. The van der Waals surface area contributed by atoms with Gasteiger partial charge in [0.25, 0.3) is 0 Å². The third-order valence-electron chi connectivity index (χ3n) is 5.46. The molecule has 6 nitrogen and oxygen atoms in total. The van der Waals surface area contributed by atoms with Crippen molar-refractivity contribution < 1.29 is 29.2 Å². The van der Waals surface area contributed by atoms with Crippen LogP contribution >= 0.6 is 0 Å². The molecular weight excluding hydrogens is 432 g/mol. The summed E-state index contributed by atoms with van der Waals surface area (Å²) in [6, 6.07) is 29.3. The van der Waals surface area contributed by atoms with E-state index in [9.17, 15) is 10.2 Å². The van der Waals surface area contributed by atoms with Crippen molar-refractivity contribution in [3.05, 3.63) is 108 Å². The molecule has 0 radical (unpaired) electrons. The van der Waals surface area contributed by atoms with Gasteiger partial charge in [0, 0.05) is 7.11 Å². The Balaban J connectivity index is 1.81. The van der Waals surface area contributed by atoms with E-state index >= 15 is 0 Å². The average molecular weight is 467 g/mol. The number of rotatable bonds is 15. The maximum Gasteiger partial charge on any atom is 0.115 e. The molecule has 3 aromatic rings. The first kappa shape index (κ1) is 26.0. The van der Waals surface area contributed by atoms with Crippen molar-refractivity contribution in [2.45, 2.75) is 44.2 Å². The van der Waals surface area contributed by atoms with Gasteiger partial charge in [-0.25, -0.2) is 0 Å². The number of hydrogen-bond donors (Lipinski definition) is 2. The molecule has 6 heteroatoms. The topological polar surface area (TPSA) is 77.4 Å². The lowest BCUT2D eigenvalue weighted by Crippen LogP contribution is -2.51. The van der Waals surface area contributed by atoms with Gasteiger partial charge in [0.15, 0.2) is 0 Å². The van der Waals surface area contributed by atoms with Gasteiger partial charge < -0.3 is 29.2 Å². The van der Waals surface area contributed by atoms with Crippen LogP contribution in [0.15, 0.2) is 91.0 Å². The molecule has 4 atom stereocenters. The highest BCUT2D eigenvalue weighted by atomic mass is 16.6. The van der Waals surface area contributed by atoms with Crippen LogP contribution in [0.1, 0.15) is 16.7 Å². The molecule has 0 saturated carbocycles. The largest absolute Gasteiger partial charge is 0.394 e. The monoisotopic (exact) mass is 466 g/mol. The van der Waals surface area contributed by atoms with Crippen LogP contribution in [-0.2, 0) is 38.8 Å². The molecule has 3 aromatic carbocycles. The molecule has 34 heavy (non-hydrogen) atoms. The predicted molar refractivity (Wildman–Crippen MR) is 130 cm³/mol. The van der Waals surface area contributed by atoms with Gasteiger partial charge >= 0.3 is 0 Å². The predicted octanol–water partition coefficient (Wildman–Crippen LogP) is 3.74. The van der Waals surface area contributed by atoms with Gasteiger partial charge in [-0.2, -0.15) is 0 Å². The van der Waals surface area contributed by atoms with Crippen LogP contribution < -0.4 is 0 Å². The average Bonchev–Trinajstić information content (AvgIpc) is 2.90. The van der Waals surface area contributed by atoms with E-state index in [1.165, 1.54) is 0 Å². The van der Waals surface area contributed by atoms with Crippen LogP contribution in [0.3, 0.4) is 0 Å². The molecule has 2 N–H and O–H groups in total. The quantitative estimate of drug-likeness (QED) is 0.355. The van der Waals surface area contributed by atoms with Crippen molar-refractivity contribution in [3.8, 4) is 0 Å². The Hall–Kier alpha value is -2.58. The summed E-state index contributed by atoms with van der Waals surface area (Å²) in [6.45, 7) is 0.662. The SMILES string of the molecule is COC[C@H](OCc1ccccc1)[C@@H](OCc1ccccc1)[C@H](OCc1ccccc1)[C@H](O)CO. The highest BCUT2D eigenvalue weighted by Gasteiger charge is 2.37. The van der Waals surface area contributed by atoms with E-state index in [0.717, 1.165) is 16.7 Å². The Labute approximate surface area is 201 Å². The van der Waals surface area contributed by atoms with Crippen LogP contribution in [0.5, 0.6) is 0 Å². The summed E-state index contributed by atoms with van der Waals surface area (Å²) in [6.07, 6.45) is -3.25. The second kappa shape index (κ2) is 14.6. The van der Waals surface area contributed by atoms with Crippen molar-refractivity contribution >= 4 is 0 Å². The minimum absolute atomic E-state index is 0.232. The van der Waals surface area contributed by atoms with Crippen molar-refractivity contribution in [2.24, 2.45) is 0 Å². The Morgan fingerprint density at radius 3 is 1.44 bits per heavy atom. The molecule has 0 aliphatic carbocycles. The van der Waals surface area contributed by atoms with Crippen molar-refractivity contribution in [2.75, 3.05) is 20.3 Å². The first-order valence-electron chi connectivity index (χ1n) is 11.5. The number of aliphatic hydroxyl groups is 2. The summed E-state index contributed by atoms with van der Waals surface area (Å²) < 4.78 is 24.1. The molecule has 0 aliphatic heterocycles. The molecule has 0 aromatic heterocycles. The summed E-state index contributed by atoms with van der Waals surface area (Å²) in [4.78, 5) is 0. The smallest absolute Gasteiger partial charge is 0.115 e. The summed E-state index contributed by atoms with van der Waals surface area (Å²) >= 11 is 0. The number of hydrogen-bond acceptors (Lipinski definition) is 6. The lowest BCUT2D eigenvalue weighted by atomic mass is 10.0. The lowest BCUT2D eigenvalue weighted by Gasteiger charge is -2.35.